The van der Waals surface area contributed by atoms with Gasteiger partial charge in [0.15, 0.2) is 0 Å². The molecule has 1 amide bonds. The lowest BCUT2D eigenvalue weighted by atomic mass is 9.99. The van der Waals surface area contributed by atoms with Gasteiger partial charge in [0.05, 0.1) is 5.56 Å². The number of hydrogen-bond donors (Lipinski definition) is 3. The van der Waals surface area contributed by atoms with Gasteiger partial charge in [-0.25, -0.2) is 9.59 Å². The van der Waals surface area contributed by atoms with Crippen molar-refractivity contribution in [3.8, 4) is 0 Å². The molecule has 0 saturated carbocycles. The number of benzene rings is 1. The maximum atomic E-state index is 12.4. The zero-order chi connectivity index (χ0) is 15.0. The van der Waals surface area contributed by atoms with Crippen molar-refractivity contribution >= 4 is 17.6 Å². The number of fused-ring (bicyclic) bond motifs is 1. The SMILES string of the molecule is O=C(O)c1ccc2c(c1)CCCN2C(=O)c1c[nH]c(=O)[nH]1. The topological polar surface area (TPSA) is 106 Å². The van der Waals surface area contributed by atoms with E-state index in [9.17, 15) is 14.4 Å². The predicted molar refractivity (Wildman–Crippen MR) is 74.8 cm³/mol. The third kappa shape index (κ3) is 2.33. The van der Waals surface area contributed by atoms with Crippen molar-refractivity contribution in [3.05, 3.63) is 51.7 Å². The number of anilines is 1. The van der Waals surface area contributed by atoms with E-state index in [1.807, 2.05) is 0 Å². The van der Waals surface area contributed by atoms with Gasteiger partial charge >= 0.3 is 11.7 Å². The van der Waals surface area contributed by atoms with Gasteiger partial charge in [-0.3, -0.25) is 4.79 Å². The van der Waals surface area contributed by atoms with Gasteiger partial charge in [0.2, 0.25) is 0 Å². The Labute approximate surface area is 119 Å². The molecule has 0 atom stereocenters. The number of aromatic nitrogens is 2. The second-order valence-electron chi connectivity index (χ2n) is 4.87. The van der Waals surface area contributed by atoms with Gasteiger partial charge in [-0.05, 0) is 36.6 Å². The highest BCUT2D eigenvalue weighted by Gasteiger charge is 2.25. The average molecular weight is 287 g/mol. The number of carboxylic acids is 1. The number of aromatic carboxylic acids is 1. The molecule has 3 N–H and O–H groups in total. The molecule has 1 aliphatic rings. The first kappa shape index (κ1) is 13.2. The fraction of sp³-hybridized carbons (Fsp3) is 0.214. The number of amides is 1. The molecule has 7 nitrogen and oxygen atoms in total. The molecule has 2 aromatic rings. The second kappa shape index (κ2) is 4.93. The molecule has 0 saturated heterocycles. The van der Waals surface area contributed by atoms with Crippen LogP contribution in [-0.2, 0) is 6.42 Å². The molecule has 2 heterocycles. The second-order valence-corrected chi connectivity index (χ2v) is 4.87. The Morgan fingerprint density at radius 1 is 1.29 bits per heavy atom. The minimum Gasteiger partial charge on any atom is -0.478 e. The third-order valence-corrected chi connectivity index (χ3v) is 3.52. The summed E-state index contributed by atoms with van der Waals surface area (Å²) in [6, 6.07) is 4.71. The summed E-state index contributed by atoms with van der Waals surface area (Å²) < 4.78 is 0. The fourth-order valence-electron chi connectivity index (χ4n) is 2.53. The number of imidazole rings is 1. The van der Waals surface area contributed by atoms with E-state index in [1.54, 1.807) is 17.0 Å². The zero-order valence-electron chi connectivity index (χ0n) is 11.0. The first-order valence-electron chi connectivity index (χ1n) is 6.52. The molecule has 0 bridgehead atoms. The third-order valence-electron chi connectivity index (χ3n) is 3.52. The molecule has 1 aromatic carbocycles. The van der Waals surface area contributed by atoms with Crippen LogP contribution in [0.4, 0.5) is 5.69 Å². The lowest BCUT2D eigenvalue weighted by Gasteiger charge is -2.29. The lowest BCUT2D eigenvalue weighted by molar-refractivity contribution is 0.0696. The van der Waals surface area contributed by atoms with Crippen molar-refractivity contribution in [2.45, 2.75) is 12.8 Å². The van der Waals surface area contributed by atoms with Gasteiger partial charge < -0.3 is 20.0 Å². The van der Waals surface area contributed by atoms with E-state index in [4.69, 9.17) is 5.11 Å². The van der Waals surface area contributed by atoms with E-state index in [0.717, 1.165) is 18.4 Å². The summed E-state index contributed by atoms with van der Waals surface area (Å²) in [5.41, 5.74) is 1.48. The van der Waals surface area contributed by atoms with Gasteiger partial charge in [-0.15, -0.1) is 0 Å². The van der Waals surface area contributed by atoms with Crippen LogP contribution in [0.15, 0.2) is 29.2 Å². The zero-order valence-corrected chi connectivity index (χ0v) is 11.0. The maximum Gasteiger partial charge on any atom is 0.335 e. The standard InChI is InChI=1S/C14H13N3O4/c18-12(10-7-15-14(21)16-10)17-5-1-2-8-6-9(13(19)20)3-4-11(8)17/h3-4,6-7H,1-2,5H2,(H,19,20)(H2,15,16,21). The molecule has 21 heavy (non-hydrogen) atoms. The van der Waals surface area contributed by atoms with Crippen LogP contribution in [0.2, 0.25) is 0 Å². The molecule has 108 valence electrons. The summed E-state index contributed by atoms with van der Waals surface area (Å²) in [4.78, 5) is 40.9. The van der Waals surface area contributed by atoms with Crippen LogP contribution in [0.5, 0.6) is 0 Å². The molecule has 1 aliphatic heterocycles. The van der Waals surface area contributed by atoms with Crippen molar-refractivity contribution in [2.75, 3.05) is 11.4 Å². The Bertz CT molecular complexity index is 775. The van der Waals surface area contributed by atoms with Crippen LogP contribution < -0.4 is 10.6 Å². The molecule has 0 radical (unpaired) electrons. The minimum atomic E-state index is -0.990. The summed E-state index contributed by atoms with van der Waals surface area (Å²) in [7, 11) is 0. The Balaban J connectivity index is 1.99. The number of carbonyl (C=O) groups is 2. The molecular weight excluding hydrogens is 274 g/mol. The summed E-state index contributed by atoms with van der Waals surface area (Å²) in [5.74, 6) is -1.30. The Hall–Kier alpha value is -2.83. The number of hydrogen-bond acceptors (Lipinski definition) is 3. The molecule has 7 heteroatoms. The highest BCUT2D eigenvalue weighted by atomic mass is 16.4. The van der Waals surface area contributed by atoms with E-state index in [1.165, 1.54) is 12.3 Å². The van der Waals surface area contributed by atoms with Crippen molar-refractivity contribution in [2.24, 2.45) is 0 Å². The van der Waals surface area contributed by atoms with Gasteiger partial charge in [0.25, 0.3) is 5.91 Å². The molecule has 3 rings (SSSR count). The number of H-pyrrole nitrogens is 2. The maximum absolute atomic E-state index is 12.4. The Morgan fingerprint density at radius 3 is 2.76 bits per heavy atom. The van der Waals surface area contributed by atoms with Gasteiger partial charge in [0, 0.05) is 18.4 Å². The van der Waals surface area contributed by atoms with E-state index >= 15 is 0 Å². The number of nitrogens with zero attached hydrogens (tertiary/aromatic N) is 1. The number of carbonyl (C=O) groups excluding carboxylic acids is 1. The van der Waals surface area contributed by atoms with Gasteiger partial charge in [-0.1, -0.05) is 0 Å². The normalized spacial score (nSPS) is 13.8. The number of aryl methyl sites for hydroxylation is 1. The monoisotopic (exact) mass is 287 g/mol. The van der Waals surface area contributed by atoms with Crippen LogP contribution in [0.25, 0.3) is 0 Å². The summed E-state index contributed by atoms with van der Waals surface area (Å²) in [5, 5.41) is 9.02. The van der Waals surface area contributed by atoms with E-state index in [-0.39, 0.29) is 17.2 Å². The van der Waals surface area contributed by atoms with Gasteiger partial charge in [-0.2, -0.15) is 0 Å². The van der Waals surface area contributed by atoms with Crippen molar-refractivity contribution < 1.29 is 14.7 Å². The molecule has 0 fully saturated rings. The quantitative estimate of drug-likeness (QED) is 0.765. The van der Waals surface area contributed by atoms with Crippen molar-refractivity contribution in [3.63, 3.8) is 0 Å². The van der Waals surface area contributed by atoms with Crippen LogP contribution >= 0.6 is 0 Å². The van der Waals surface area contributed by atoms with Gasteiger partial charge in [0.1, 0.15) is 5.69 Å². The number of carboxylic acid groups (broad SMARTS) is 1. The predicted octanol–water partition coefficient (Wildman–Crippen LogP) is 0.994. The number of nitrogens with one attached hydrogen (secondary N) is 2. The van der Waals surface area contributed by atoms with Crippen LogP contribution in [0.1, 0.15) is 32.8 Å². The lowest BCUT2D eigenvalue weighted by Crippen LogP contribution is -2.36. The van der Waals surface area contributed by atoms with E-state index < -0.39 is 11.7 Å². The Morgan fingerprint density at radius 2 is 2.10 bits per heavy atom. The summed E-state index contributed by atoms with van der Waals surface area (Å²) >= 11 is 0. The fourth-order valence-corrected chi connectivity index (χ4v) is 2.53. The first-order chi connectivity index (χ1) is 10.1. The molecule has 0 aliphatic carbocycles. The van der Waals surface area contributed by atoms with Crippen LogP contribution in [0, 0.1) is 0 Å². The van der Waals surface area contributed by atoms with Crippen LogP contribution in [-0.4, -0.2) is 33.5 Å². The summed E-state index contributed by atoms with van der Waals surface area (Å²) in [6.07, 6.45) is 2.81. The Kier molecular flexibility index (Phi) is 3.09. The van der Waals surface area contributed by atoms with Crippen molar-refractivity contribution in [1.29, 1.82) is 0 Å². The van der Waals surface area contributed by atoms with E-state index in [2.05, 4.69) is 9.97 Å². The van der Waals surface area contributed by atoms with Crippen LogP contribution in [0.3, 0.4) is 0 Å². The number of aromatic amines is 2. The van der Waals surface area contributed by atoms with Crippen molar-refractivity contribution in [1.82, 2.24) is 9.97 Å². The minimum absolute atomic E-state index is 0.190. The molecule has 0 unspecified atom stereocenters. The number of rotatable bonds is 2. The highest BCUT2D eigenvalue weighted by Crippen LogP contribution is 2.29. The highest BCUT2D eigenvalue weighted by molar-refractivity contribution is 6.05. The first-order valence-corrected chi connectivity index (χ1v) is 6.52. The largest absolute Gasteiger partial charge is 0.478 e. The molecule has 1 aromatic heterocycles. The average Bonchev–Trinajstić information content (AvgIpc) is 2.91. The molecular formula is C14H13N3O4. The molecule has 0 spiro atoms. The summed E-state index contributed by atoms with van der Waals surface area (Å²) in [6.45, 7) is 0.533. The smallest absolute Gasteiger partial charge is 0.335 e. The van der Waals surface area contributed by atoms with E-state index in [0.29, 0.717) is 12.2 Å².